The molecule has 0 aromatic heterocycles. The van der Waals surface area contributed by atoms with Gasteiger partial charge in [0.2, 0.25) is 0 Å². The molecule has 1 fully saturated rings. The number of nitrogens with zero attached hydrogens (tertiary/aromatic N) is 1. The first kappa shape index (κ1) is 10.9. The summed E-state index contributed by atoms with van der Waals surface area (Å²) in [5, 5.41) is 0. The SMILES string of the molecule is O=S(=O)(O)OCCN1CCOCC1. The summed E-state index contributed by atoms with van der Waals surface area (Å²) in [5.41, 5.74) is 0. The predicted octanol–water partition coefficient (Wildman–Crippen LogP) is -0.862. The van der Waals surface area contributed by atoms with E-state index in [1.807, 2.05) is 4.90 Å². The molecule has 0 saturated carbocycles. The molecular formula is C6H13NO5S. The lowest BCUT2D eigenvalue weighted by Gasteiger charge is -2.25. The summed E-state index contributed by atoms with van der Waals surface area (Å²) in [7, 11) is -4.28. The number of hydrogen-bond acceptors (Lipinski definition) is 5. The molecule has 78 valence electrons. The molecule has 1 aliphatic rings. The van der Waals surface area contributed by atoms with Crippen molar-refractivity contribution in [3.05, 3.63) is 0 Å². The monoisotopic (exact) mass is 211 g/mol. The molecule has 0 bridgehead atoms. The fourth-order valence-corrected chi connectivity index (χ4v) is 1.38. The van der Waals surface area contributed by atoms with Gasteiger partial charge in [-0.2, -0.15) is 8.42 Å². The summed E-state index contributed by atoms with van der Waals surface area (Å²) in [4.78, 5) is 2.01. The molecule has 1 N–H and O–H groups in total. The van der Waals surface area contributed by atoms with Gasteiger partial charge in [0.15, 0.2) is 0 Å². The highest BCUT2D eigenvalue weighted by molar-refractivity contribution is 7.80. The van der Waals surface area contributed by atoms with Crippen LogP contribution in [0.4, 0.5) is 0 Å². The zero-order valence-electron chi connectivity index (χ0n) is 7.18. The number of hydrogen-bond donors (Lipinski definition) is 1. The average Bonchev–Trinajstić information content (AvgIpc) is 2.04. The minimum absolute atomic E-state index is 0.0150. The Morgan fingerprint density at radius 2 is 2.00 bits per heavy atom. The molecule has 0 aliphatic carbocycles. The fourth-order valence-electron chi connectivity index (χ4n) is 1.10. The Morgan fingerprint density at radius 3 is 2.54 bits per heavy atom. The maximum atomic E-state index is 10.2. The molecule has 1 heterocycles. The van der Waals surface area contributed by atoms with E-state index in [0.29, 0.717) is 19.8 Å². The summed E-state index contributed by atoms with van der Waals surface area (Å²) in [6.07, 6.45) is 0. The van der Waals surface area contributed by atoms with E-state index in [-0.39, 0.29) is 6.61 Å². The van der Waals surface area contributed by atoms with E-state index in [1.165, 1.54) is 0 Å². The van der Waals surface area contributed by atoms with Gasteiger partial charge >= 0.3 is 10.4 Å². The van der Waals surface area contributed by atoms with E-state index in [9.17, 15) is 8.42 Å². The van der Waals surface area contributed by atoms with E-state index in [1.54, 1.807) is 0 Å². The van der Waals surface area contributed by atoms with Crippen LogP contribution in [0.25, 0.3) is 0 Å². The predicted molar refractivity (Wildman–Crippen MR) is 44.8 cm³/mol. The number of ether oxygens (including phenoxy) is 1. The Hall–Kier alpha value is -0.210. The first-order valence-corrected chi connectivity index (χ1v) is 5.36. The van der Waals surface area contributed by atoms with Gasteiger partial charge in [-0.15, -0.1) is 0 Å². The van der Waals surface area contributed by atoms with Crippen LogP contribution >= 0.6 is 0 Å². The van der Waals surface area contributed by atoms with Crippen molar-refractivity contribution in [1.29, 1.82) is 0 Å². The standard InChI is InChI=1S/C6H13NO5S/c8-13(9,10)12-6-3-7-1-4-11-5-2-7/h1-6H2,(H,8,9,10). The van der Waals surface area contributed by atoms with Crippen LogP contribution in [0.1, 0.15) is 0 Å². The second-order valence-electron chi connectivity index (χ2n) is 2.70. The molecule has 6 nitrogen and oxygen atoms in total. The molecule has 0 aromatic carbocycles. The molecule has 7 heteroatoms. The zero-order chi connectivity index (χ0) is 9.73. The van der Waals surface area contributed by atoms with Crippen LogP contribution in [-0.4, -0.2) is 57.3 Å². The van der Waals surface area contributed by atoms with Gasteiger partial charge < -0.3 is 4.74 Å². The highest BCUT2D eigenvalue weighted by Gasteiger charge is 2.11. The van der Waals surface area contributed by atoms with Gasteiger partial charge in [-0.05, 0) is 0 Å². The van der Waals surface area contributed by atoms with Gasteiger partial charge in [-0.1, -0.05) is 0 Å². The van der Waals surface area contributed by atoms with E-state index in [0.717, 1.165) is 13.1 Å². The zero-order valence-corrected chi connectivity index (χ0v) is 7.99. The minimum atomic E-state index is -4.28. The second kappa shape index (κ2) is 4.87. The molecule has 13 heavy (non-hydrogen) atoms. The highest BCUT2D eigenvalue weighted by Crippen LogP contribution is 1.96. The number of morpholine rings is 1. The van der Waals surface area contributed by atoms with Gasteiger partial charge in [0.1, 0.15) is 0 Å². The van der Waals surface area contributed by atoms with Crippen molar-refractivity contribution in [1.82, 2.24) is 4.90 Å². The summed E-state index contributed by atoms with van der Waals surface area (Å²) < 4.78 is 37.9. The summed E-state index contributed by atoms with van der Waals surface area (Å²) in [6, 6.07) is 0. The van der Waals surface area contributed by atoms with Crippen LogP contribution in [0, 0.1) is 0 Å². The van der Waals surface area contributed by atoms with Crippen LogP contribution in [0.5, 0.6) is 0 Å². The van der Waals surface area contributed by atoms with Crippen LogP contribution in [-0.2, 0) is 19.3 Å². The molecule has 0 aromatic rings. The van der Waals surface area contributed by atoms with Crippen LogP contribution in [0.3, 0.4) is 0 Å². The lowest BCUT2D eigenvalue weighted by Crippen LogP contribution is -2.38. The van der Waals surface area contributed by atoms with Gasteiger partial charge in [-0.3, -0.25) is 9.45 Å². The second-order valence-corrected chi connectivity index (χ2v) is 3.79. The Morgan fingerprint density at radius 1 is 1.38 bits per heavy atom. The maximum absolute atomic E-state index is 10.2. The first-order valence-electron chi connectivity index (χ1n) is 4.00. The average molecular weight is 211 g/mol. The molecule has 1 rings (SSSR count). The molecule has 1 aliphatic heterocycles. The first-order chi connectivity index (χ1) is 6.08. The molecule has 1 saturated heterocycles. The summed E-state index contributed by atoms with van der Waals surface area (Å²) in [6.45, 7) is 3.34. The van der Waals surface area contributed by atoms with E-state index in [2.05, 4.69) is 4.18 Å². The Labute approximate surface area is 77.4 Å². The van der Waals surface area contributed by atoms with E-state index < -0.39 is 10.4 Å². The van der Waals surface area contributed by atoms with Crippen molar-refractivity contribution in [2.24, 2.45) is 0 Å². The highest BCUT2D eigenvalue weighted by atomic mass is 32.3. The van der Waals surface area contributed by atoms with Crippen molar-refractivity contribution in [3.8, 4) is 0 Å². The van der Waals surface area contributed by atoms with Gasteiger partial charge in [0.25, 0.3) is 0 Å². The number of rotatable bonds is 4. The molecule has 0 radical (unpaired) electrons. The normalized spacial score (nSPS) is 20.4. The Kier molecular flexibility index (Phi) is 4.07. The lowest BCUT2D eigenvalue weighted by molar-refractivity contribution is 0.0320. The van der Waals surface area contributed by atoms with Crippen molar-refractivity contribution in [2.75, 3.05) is 39.5 Å². The van der Waals surface area contributed by atoms with E-state index in [4.69, 9.17) is 9.29 Å². The van der Waals surface area contributed by atoms with Crippen molar-refractivity contribution < 1.29 is 21.9 Å². The van der Waals surface area contributed by atoms with Gasteiger partial charge in [-0.25, -0.2) is 4.18 Å². The minimum Gasteiger partial charge on any atom is -0.379 e. The Bertz CT molecular complexity index is 233. The van der Waals surface area contributed by atoms with Crippen LogP contribution in [0.15, 0.2) is 0 Å². The molecule has 0 unspecified atom stereocenters. The molecule has 0 spiro atoms. The van der Waals surface area contributed by atoms with E-state index >= 15 is 0 Å². The summed E-state index contributed by atoms with van der Waals surface area (Å²) >= 11 is 0. The fraction of sp³-hybridized carbons (Fsp3) is 1.00. The third kappa shape index (κ3) is 5.17. The van der Waals surface area contributed by atoms with Crippen LogP contribution < -0.4 is 0 Å². The smallest absolute Gasteiger partial charge is 0.379 e. The largest absolute Gasteiger partial charge is 0.397 e. The maximum Gasteiger partial charge on any atom is 0.397 e. The topological polar surface area (TPSA) is 76.1 Å². The van der Waals surface area contributed by atoms with Gasteiger partial charge in [0, 0.05) is 19.6 Å². The summed E-state index contributed by atoms with van der Waals surface area (Å²) in [5.74, 6) is 0. The van der Waals surface area contributed by atoms with Crippen molar-refractivity contribution >= 4 is 10.4 Å². The Balaban J connectivity index is 2.11. The molecular weight excluding hydrogens is 198 g/mol. The van der Waals surface area contributed by atoms with Crippen LogP contribution in [0.2, 0.25) is 0 Å². The lowest BCUT2D eigenvalue weighted by atomic mass is 10.4. The molecule has 0 amide bonds. The van der Waals surface area contributed by atoms with Gasteiger partial charge in [0.05, 0.1) is 19.8 Å². The third-order valence-corrected chi connectivity index (χ3v) is 2.21. The third-order valence-electron chi connectivity index (χ3n) is 1.74. The quantitative estimate of drug-likeness (QED) is 0.610. The van der Waals surface area contributed by atoms with Crippen molar-refractivity contribution in [2.45, 2.75) is 0 Å². The molecule has 0 atom stereocenters. The van der Waals surface area contributed by atoms with Crippen molar-refractivity contribution in [3.63, 3.8) is 0 Å².